The number of amides is 1. The Morgan fingerprint density at radius 1 is 1.26 bits per heavy atom. The predicted molar refractivity (Wildman–Crippen MR) is 95.8 cm³/mol. The van der Waals surface area contributed by atoms with Crippen LogP contribution in [0.4, 0.5) is 5.82 Å². The fourth-order valence-electron chi connectivity index (χ4n) is 2.19. The second kappa shape index (κ2) is 6.91. The van der Waals surface area contributed by atoms with E-state index in [1.807, 2.05) is 31.2 Å². The number of nitrogens with one attached hydrogen (secondary N) is 1. The number of amidine groups is 1. The lowest BCUT2D eigenvalue weighted by Crippen LogP contribution is -2.26. The summed E-state index contributed by atoms with van der Waals surface area (Å²) in [5, 5.41) is 4.04. The van der Waals surface area contributed by atoms with Gasteiger partial charge < -0.3 is 5.32 Å². The molecule has 1 amide bonds. The second-order valence-electron chi connectivity index (χ2n) is 5.07. The average molecular weight is 366 g/mol. The number of aliphatic imine (C=N–C) groups is 1. The predicted octanol–water partition coefficient (Wildman–Crippen LogP) is 4.16. The number of aryl methyl sites for hydroxylation is 1. The number of hydrogen-bond donors (Lipinski definition) is 1. The SMILES string of the molecule is Cc1cccc(N=C2NC(=O)[C@H](Cc3cccc(Cl)c3Cl)S2)n1. The van der Waals surface area contributed by atoms with Crippen LogP contribution in [0.2, 0.25) is 10.0 Å². The molecule has 0 spiro atoms. The van der Waals surface area contributed by atoms with E-state index in [0.29, 0.717) is 27.5 Å². The van der Waals surface area contributed by atoms with Crippen molar-refractivity contribution in [1.82, 2.24) is 10.3 Å². The molecule has 2 heterocycles. The van der Waals surface area contributed by atoms with E-state index in [1.165, 1.54) is 11.8 Å². The van der Waals surface area contributed by atoms with E-state index in [-0.39, 0.29) is 11.2 Å². The van der Waals surface area contributed by atoms with Crippen molar-refractivity contribution in [1.29, 1.82) is 0 Å². The van der Waals surface area contributed by atoms with Gasteiger partial charge in [0.25, 0.3) is 0 Å². The van der Waals surface area contributed by atoms with Gasteiger partial charge in [0.1, 0.15) is 0 Å². The fraction of sp³-hybridized carbons (Fsp3) is 0.188. The van der Waals surface area contributed by atoms with Crippen molar-refractivity contribution in [3.63, 3.8) is 0 Å². The summed E-state index contributed by atoms with van der Waals surface area (Å²) in [5.41, 5.74) is 1.73. The molecule has 1 aliphatic heterocycles. The molecule has 0 saturated carbocycles. The number of carbonyl (C=O) groups excluding carboxylic acids is 1. The number of nitrogens with zero attached hydrogens (tertiary/aromatic N) is 2. The molecule has 1 N–H and O–H groups in total. The monoisotopic (exact) mass is 365 g/mol. The van der Waals surface area contributed by atoms with Gasteiger partial charge in [-0.1, -0.05) is 53.2 Å². The van der Waals surface area contributed by atoms with Gasteiger partial charge >= 0.3 is 0 Å². The van der Waals surface area contributed by atoms with Crippen LogP contribution in [-0.4, -0.2) is 21.3 Å². The number of aromatic nitrogens is 1. The molecule has 4 nitrogen and oxygen atoms in total. The molecule has 1 aliphatic rings. The Labute approximate surface area is 148 Å². The molecular weight excluding hydrogens is 353 g/mol. The lowest BCUT2D eigenvalue weighted by molar-refractivity contribution is -0.118. The molecule has 118 valence electrons. The fourth-order valence-corrected chi connectivity index (χ4v) is 3.59. The lowest BCUT2D eigenvalue weighted by Gasteiger charge is -2.08. The molecule has 0 radical (unpaired) electrons. The Balaban J connectivity index is 1.76. The van der Waals surface area contributed by atoms with Crippen LogP contribution in [0.1, 0.15) is 11.3 Å². The Kier molecular flexibility index (Phi) is 4.90. The third-order valence-electron chi connectivity index (χ3n) is 3.30. The summed E-state index contributed by atoms with van der Waals surface area (Å²) in [6, 6.07) is 11.0. The maximum absolute atomic E-state index is 12.1. The molecule has 0 unspecified atom stereocenters. The van der Waals surface area contributed by atoms with Gasteiger partial charge in [0.15, 0.2) is 11.0 Å². The van der Waals surface area contributed by atoms with Crippen LogP contribution < -0.4 is 5.32 Å². The van der Waals surface area contributed by atoms with E-state index in [9.17, 15) is 4.79 Å². The Morgan fingerprint density at radius 2 is 2.04 bits per heavy atom. The Bertz CT molecular complexity index is 795. The van der Waals surface area contributed by atoms with E-state index >= 15 is 0 Å². The highest BCUT2D eigenvalue weighted by atomic mass is 35.5. The molecule has 0 bridgehead atoms. The van der Waals surface area contributed by atoms with E-state index < -0.39 is 0 Å². The van der Waals surface area contributed by atoms with Crippen LogP contribution in [-0.2, 0) is 11.2 Å². The first kappa shape index (κ1) is 16.3. The Morgan fingerprint density at radius 3 is 2.83 bits per heavy atom. The van der Waals surface area contributed by atoms with Gasteiger partial charge in [0, 0.05) is 5.69 Å². The van der Waals surface area contributed by atoms with Gasteiger partial charge in [-0.05, 0) is 37.1 Å². The van der Waals surface area contributed by atoms with Gasteiger partial charge in [-0.3, -0.25) is 4.79 Å². The molecule has 1 aromatic carbocycles. The molecular formula is C16H13Cl2N3OS. The van der Waals surface area contributed by atoms with Crippen molar-refractivity contribution < 1.29 is 4.79 Å². The first-order chi connectivity index (χ1) is 11.0. The van der Waals surface area contributed by atoms with Gasteiger partial charge in [-0.25, -0.2) is 9.98 Å². The standard InChI is InChI=1S/C16H13Cl2N3OS/c1-9-4-2-7-13(19-9)20-16-21-15(22)12(23-16)8-10-5-3-6-11(17)14(10)18/h2-7,12H,8H2,1H3,(H,19,20,21,22)/t12-/m0/s1. The van der Waals surface area contributed by atoms with E-state index in [1.54, 1.807) is 12.1 Å². The van der Waals surface area contributed by atoms with Gasteiger partial charge in [-0.15, -0.1) is 0 Å². The molecule has 1 atom stereocenters. The first-order valence-electron chi connectivity index (χ1n) is 6.95. The summed E-state index contributed by atoms with van der Waals surface area (Å²) in [7, 11) is 0. The maximum Gasteiger partial charge on any atom is 0.239 e. The van der Waals surface area contributed by atoms with Crippen molar-refractivity contribution in [2.24, 2.45) is 4.99 Å². The van der Waals surface area contributed by atoms with Crippen molar-refractivity contribution in [2.75, 3.05) is 0 Å². The van der Waals surface area contributed by atoms with Crippen molar-refractivity contribution in [2.45, 2.75) is 18.6 Å². The summed E-state index contributed by atoms with van der Waals surface area (Å²) in [6.45, 7) is 1.90. The van der Waals surface area contributed by atoms with Crippen LogP contribution in [0.25, 0.3) is 0 Å². The van der Waals surface area contributed by atoms with E-state index in [2.05, 4.69) is 15.3 Å². The van der Waals surface area contributed by atoms with E-state index in [0.717, 1.165) is 11.3 Å². The van der Waals surface area contributed by atoms with Gasteiger partial charge in [0.05, 0.1) is 15.3 Å². The quantitative estimate of drug-likeness (QED) is 0.888. The highest BCUT2D eigenvalue weighted by Gasteiger charge is 2.31. The average Bonchev–Trinajstić information content (AvgIpc) is 2.83. The van der Waals surface area contributed by atoms with Crippen molar-refractivity contribution >= 4 is 51.9 Å². The molecule has 0 aliphatic carbocycles. The van der Waals surface area contributed by atoms with Gasteiger partial charge in [-0.2, -0.15) is 0 Å². The molecule has 1 fully saturated rings. The highest BCUT2D eigenvalue weighted by Crippen LogP contribution is 2.31. The molecule has 1 saturated heterocycles. The smallest absolute Gasteiger partial charge is 0.239 e. The summed E-state index contributed by atoms with van der Waals surface area (Å²) < 4.78 is 0. The Hall–Kier alpha value is -1.56. The zero-order valence-corrected chi connectivity index (χ0v) is 14.5. The third-order valence-corrected chi connectivity index (χ3v) is 5.24. The minimum Gasteiger partial charge on any atom is -0.304 e. The number of carbonyl (C=O) groups is 1. The summed E-state index contributed by atoms with van der Waals surface area (Å²) in [6.07, 6.45) is 0.496. The van der Waals surface area contributed by atoms with Crippen molar-refractivity contribution in [3.05, 3.63) is 57.7 Å². The lowest BCUT2D eigenvalue weighted by atomic mass is 10.1. The first-order valence-corrected chi connectivity index (χ1v) is 8.59. The second-order valence-corrected chi connectivity index (χ2v) is 7.04. The normalized spacial score (nSPS) is 19.2. The third kappa shape index (κ3) is 3.86. The molecule has 7 heteroatoms. The summed E-state index contributed by atoms with van der Waals surface area (Å²) >= 11 is 13.6. The van der Waals surface area contributed by atoms with Crippen LogP contribution in [0, 0.1) is 6.92 Å². The summed E-state index contributed by atoms with van der Waals surface area (Å²) in [5.74, 6) is 0.492. The van der Waals surface area contributed by atoms with Crippen LogP contribution in [0.15, 0.2) is 41.4 Å². The zero-order chi connectivity index (χ0) is 16.4. The minimum atomic E-state index is -0.283. The molecule has 23 heavy (non-hydrogen) atoms. The van der Waals surface area contributed by atoms with Crippen LogP contribution >= 0.6 is 35.0 Å². The highest BCUT2D eigenvalue weighted by molar-refractivity contribution is 8.15. The molecule has 2 aromatic rings. The number of rotatable bonds is 3. The largest absolute Gasteiger partial charge is 0.304 e. The number of benzene rings is 1. The zero-order valence-electron chi connectivity index (χ0n) is 12.2. The number of halogens is 2. The van der Waals surface area contributed by atoms with Crippen LogP contribution in [0.3, 0.4) is 0 Å². The van der Waals surface area contributed by atoms with E-state index in [4.69, 9.17) is 23.2 Å². The number of hydrogen-bond acceptors (Lipinski definition) is 4. The molecule has 3 rings (SSSR count). The number of thioether (sulfide) groups is 1. The maximum atomic E-state index is 12.1. The topological polar surface area (TPSA) is 54.4 Å². The van der Waals surface area contributed by atoms with Crippen molar-refractivity contribution in [3.8, 4) is 0 Å². The molecule has 1 aromatic heterocycles. The number of pyridine rings is 1. The summed E-state index contributed by atoms with van der Waals surface area (Å²) in [4.78, 5) is 20.8. The minimum absolute atomic E-state index is 0.0857. The van der Waals surface area contributed by atoms with Gasteiger partial charge in [0.2, 0.25) is 5.91 Å². The van der Waals surface area contributed by atoms with Crippen LogP contribution in [0.5, 0.6) is 0 Å².